The first kappa shape index (κ1) is 40.2. The summed E-state index contributed by atoms with van der Waals surface area (Å²) in [5, 5.41) is 0. The summed E-state index contributed by atoms with van der Waals surface area (Å²) in [5.41, 5.74) is 0. The van der Waals surface area contributed by atoms with Crippen LogP contribution in [0.1, 0.15) is 210 Å². The molecule has 0 aromatic rings. The van der Waals surface area contributed by atoms with Crippen LogP contribution in [0.4, 0.5) is 0 Å². The van der Waals surface area contributed by atoms with Gasteiger partial charge in [0.2, 0.25) is 0 Å². The van der Waals surface area contributed by atoms with E-state index in [4.69, 9.17) is 0 Å². The Morgan fingerprint density at radius 3 is 0.788 bits per heavy atom. The van der Waals surface area contributed by atoms with E-state index in [1.54, 1.807) is 0 Å². The van der Waals surface area contributed by atoms with Gasteiger partial charge in [0.25, 0.3) is 0 Å². The second-order valence-corrected chi connectivity index (χ2v) is 9.96. The largest absolute Gasteiger partial charge is 0.0683 e. The van der Waals surface area contributed by atoms with Crippen molar-refractivity contribution < 1.29 is 0 Å². The molecule has 0 aromatic heterocycles. The standard InChI is InChI=1S/C19H40.C8H18.C4H10.C2H6/c1-4-6-7-8-9-10-11-12-13-14-15-16-17-18-19(3)5-2;1-3-5-7-8-6-4-2;1-3-4-2;1-2/h19H,4-18H2,1-3H3;3-8H2,1-2H3;3-4H2,1-2H3;1-2H3. The van der Waals surface area contributed by atoms with Crippen LogP contribution in [0, 0.1) is 5.92 Å². The van der Waals surface area contributed by atoms with Crippen molar-refractivity contribution in [2.24, 2.45) is 5.92 Å². The quantitative estimate of drug-likeness (QED) is 0.146. The minimum absolute atomic E-state index is 0.952. The molecule has 0 heteroatoms. The summed E-state index contributed by atoms with van der Waals surface area (Å²) in [6.45, 7) is 19.9. The fourth-order valence-corrected chi connectivity index (χ4v) is 3.57. The fourth-order valence-electron chi connectivity index (χ4n) is 3.57. The summed E-state index contributed by atoms with van der Waals surface area (Å²) < 4.78 is 0. The molecule has 0 heterocycles. The molecule has 0 N–H and O–H groups in total. The molecule has 0 saturated carbocycles. The van der Waals surface area contributed by atoms with E-state index >= 15 is 0 Å². The van der Waals surface area contributed by atoms with Gasteiger partial charge in [0.15, 0.2) is 0 Å². The van der Waals surface area contributed by atoms with Crippen molar-refractivity contribution in [2.75, 3.05) is 0 Å². The van der Waals surface area contributed by atoms with Crippen LogP contribution in [0.15, 0.2) is 0 Å². The molecule has 0 bridgehead atoms. The van der Waals surface area contributed by atoms with Gasteiger partial charge in [0.1, 0.15) is 0 Å². The van der Waals surface area contributed by atoms with Gasteiger partial charge in [-0.25, -0.2) is 0 Å². The lowest BCUT2D eigenvalue weighted by molar-refractivity contribution is 0.468. The smallest absolute Gasteiger partial charge is 0.0445 e. The molecule has 33 heavy (non-hydrogen) atoms. The molecule has 0 rings (SSSR count). The zero-order valence-electron chi connectivity index (χ0n) is 25.8. The highest BCUT2D eigenvalue weighted by molar-refractivity contribution is 4.52. The monoisotopic (exact) mass is 471 g/mol. The van der Waals surface area contributed by atoms with Gasteiger partial charge in [-0.3, -0.25) is 0 Å². The van der Waals surface area contributed by atoms with Crippen LogP contribution >= 0.6 is 0 Å². The highest BCUT2D eigenvalue weighted by Crippen LogP contribution is 2.15. The molecule has 206 valence electrons. The van der Waals surface area contributed by atoms with Crippen LogP contribution in [0.2, 0.25) is 0 Å². The van der Waals surface area contributed by atoms with Crippen LogP contribution < -0.4 is 0 Å². The Bertz CT molecular complexity index is 236. The highest BCUT2D eigenvalue weighted by atomic mass is 14.0. The van der Waals surface area contributed by atoms with Crippen molar-refractivity contribution in [2.45, 2.75) is 210 Å². The highest BCUT2D eigenvalue weighted by Gasteiger charge is 1.98. The van der Waals surface area contributed by atoms with Gasteiger partial charge >= 0.3 is 0 Å². The zero-order valence-corrected chi connectivity index (χ0v) is 25.8. The van der Waals surface area contributed by atoms with Gasteiger partial charge in [0.05, 0.1) is 0 Å². The van der Waals surface area contributed by atoms with E-state index in [1.165, 1.54) is 148 Å². The number of rotatable bonds is 21. The van der Waals surface area contributed by atoms with Crippen molar-refractivity contribution in [1.82, 2.24) is 0 Å². The van der Waals surface area contributed by atoms with Crippen LogP contribution in [0.3, 0.4) is 0 Å². The van der Waals surface area contributed by atoms with E-state index < -0.39 is 0 Å². The Morgan fingerprint density at radius 2 is 0.576 bits per heavy atom. The zero-order chi connectivity index (χ0) is 25.8. The van der Waals surface area contributed by atoms with Crippen LogP contribution in [0.25, 0.3) is 0 Å². The summed E-state index contributed by atoms with van der Waals surface area (Å²) in [6.07, 6.45) is 33.0. The molecule has 0 amide bonds. The van der Waals surface area contributed by atoms with Gasteiger partial charge in [-0.2, -0.15) is 0 Å². The van der Waals surface area contributed by atoms with Gasteiger partial charge in [-0.05, 0) is 5.92 Å². The van der Waals surface area contributed by atoms with Crippen molar-refractivity contribution in [3.8, 4) is 0 Å². The number of hydrogen-bond donors (Lipinski definition) is 0. The van der Waals surface area contributed by atoms with Gasteiger partial charge < -0.3 is 0 Å². The summed E-state index contributed by atoms with van der Waals surface area (Å²) in [4.78, 5) is 0. The first-order valence-corrected chi connectivity index (χ1v) is 16.1. The maximum atomic E-state index is 2.39. The van der Waals surface area contributed by atoms with E-state index in [9.17, 15) is 0 Å². The lowest BCUT2D eigenvalue weighted by Gasteiger charge is -2.07. The van der Waals surface area contributed by atoms with Gasteiger partial charge in [-0.15, -0.1) is 0 Å². The molecular weight excluding hydrogens is 396 g/mol. The van der Waals surface area contributed by atoms with Crippen molar-refractivity contribution >= 4 is 0 Å². The third kappa shape index (κ3) is 54.4. The molecule has 1 atom stereocenters. The third-order valence-corrected chi connectivity index (χ3v) is 6.45. The normalized spacial score (nSPS) is 10.8. The average Bonchev–Trinajstić information content (AvgIpc) is 2.86. The minimum atomic E-state index is 0.952. The Hall–Kier alpha value is 0. The summed E-state index contributed by atoms with van der Waals surface area (Å²) >= 11 is 0. The van der Waals surface area contributed by atoms with Gasteiger partial charge in [0, 0.05) is 0 Å². The van der Waals surface area contributed by atoms with Crippen molar-refractivity contribution in [1.29, 1.82) is 0 Å². The van der Waals surface area contributed by atoms with Crippen LogP contribution in [0.5, 0.6) is 0 Å². The number of hydrogen-bond acceptors (Lipinski definition) is 0. The molecule has 0 aromatic carbocycles. The topological polar surface area (TPSA) is 0 Å². The van der Waals surface area contributed by atoms with Crippen LogP contribution in [-0.2, 0) is 0 Å². The minimum Gasteiger partial charge on any atom is -0.0683 e. The summed E-state index contributed by atoms with van der Waals surface area (Å²) in [7, 11) is 0. The van der Waals surface area contributed by atoms with Gasteiger partial charge in [-0.1, -0.05) is 210 Å². The van der Waals surface area contributed by atoms with Crippen molar-refractivity contribution in [3.63, 3.8) is 0 Å². The van der Waals surface area contributed by atoms with E-state index in [0.29, 0.717) is 0 Å². The molecule has 0 nitrogen and oxygen atoms in total. The first-order valence-electron chi connectivity index (χ1n) is 16.1. The first-order chi connectivity index (χ1) is 16.1. The SMILES string of the molecule is CC.CCCC.CCCCCCCC.CCCCCCCCCCCCCCCC(C)CC. The molecule has 0 aliphatic heterocycles. The predicted octanol–water partition coefficient (Wildman–Crippen LogP) is 13.7. The Labute approximate surface area is 215 Å². The molecule has 0 saturated heterocycles. The van der Waals surface area contributed by atoms with E-state index in [0.717, 1.165) is 5.92 Å². The molecule has 0 spiro atoms. The average molecular weight is 471 g/mol. The predicted molar refractivity (Wildman–Crippen MR) is 161 cm³/mol. The molecule has 1 unspecified atom stereocenters. The molecule has 0 radical (unpaired) electrons. The maximum Gasteiger partial charge on any atom is -0.0445 e. The van der Waals surface area contributed by atoms with Crippen LogP contribution in [-0.4, -0.2) is 0 Å². The van der Waals surface area contributed by atoms with E-state index in [2.05, 4.69) is 48.5 Å². The number of unbranched alkanes of at least 4 members (excludes halogenated alkanes) is 18. The van der Waals surface area contributed by atoms with E-state index in [1.807, 2.05) is 13.8 Å². The molecular formula is C33H74. The molecule has 0 aliphatic rings. The lowest BCUT2D eigenvalue weighted by atomic mass is 9.99. The second-order valence-electron chi connectivity index (χ2n) is 9.96. The molecule has 0 fully saturated rings. The molecule has 0 aliphatic carbocycles. The fraction of sp³-hybridized carbons (Fsp3) is 1.00. The lowest BCUT2D eigenvalue weighted by Crippen LogP contribution is -1.91. The Kier molecular flexibility index (Phi) is 55.4. The van der Waals surface area contributed by atoms with Crippen molar-refractivity contribution in [3.05, 3.63) is 0 Å². The Morgan fingerprint density at radius 1 is 0.333 bits per heavy atom. The van der Waals surface area contributed by atoms with E-state index in [-0.39, 0.29) is 0 Å². The Balaban J connectivity index is -0.000000247. The second kappa shape index (κ2) is 45.5. The summed E-state index contributed by atoms with van der Waals surface area (Å²) in [5.74, 6) is 0.952. The summed E-state index contributed by atoms with van der Waals surface area (Å²) in [6, 6.07) is 0. The third-order valence-electron chi connectivity index (χ3n) is 6.45. The maximum absolute atomic E-state index is 2.39.